The molecule has 0 aromatic heterocycles. The summed E-state index contributed by atoms with van der Waals surface area (Å²) >= 11 is 0. The van der Waals surface area contributed by atoms with Gasteiger partial charge in [-0.1, -0.05) is 0 Å². The van der Waals surface area contributed by atoms with E-state index in [-0.39, 0.29) is 0 Å². The van der Waals surface area contributed by atoms with Crippen molar-refractivity contribution in [3.63, 3.8) is 0 Å². The molecule has 1 aliphatic rings. The standard InChI is InChI=1S/C15H21NO2/c1-10-9-13(15(17)18)7-8-14(10)16-11(2)5-4-6-12(16)3/h7-9,11-12H,4-6H2,1-3H3,(H,17,18). The molecule has 0 amide bonds. The molecule has 0 bridgehead atoms. The van der Waals surface area contributed by atoms with Crippen molar-refractivity contribution in [1.82, 2.24) is 0 Å². The molecule has 2 unspecified atom stereocenters. The SMILES string of the molecule is Cc1cc(C(=O)O)ccc1N1C(C)CCCC1C. The van der Waals surface area contributed by atoms with Crippen LogP contribution in [0.5, 0.6) is 0 Å². The van der Waals surface area contributed by atoms with Gasteiger partial charge in [0.15, 0.2) is 0 Å². The van der Waals surface area contributed by atoms with Crippen LogP contribution in [0.2, 0.25) is 0 Å². The van der Waals surface area contributed by atoms with Crippen LogP contribution >= 0.6 is 0 Å². The quantitative estimate of drug-likeness (QED) is 0.870. The molecule has 2 rings (SSSR count). The maximum Gasteiger partial charge on any atom is 0.335 e. The number of benzene rings is 1. The predicted octanol–water partition coefficient (Wildman–Crippen LogP) is 3.46. The van der Waals surface area contributed by atoms with E-state index < -0.39 is 5.97 Å². The molecule has 0 saturated carbocycles. The number of piperidine rings is 1. The zero-order valence-corrected chi connectivity index (χ0v) is 11.3. The summed E-state index contributed by atoms with van der Waals surface area (Å²) < 4.78 is 0. The van der Waals surface area contributed by atoms with Crippen molar-refractivity contribution in [3.8, 4) is 0 Å². The number of nitrogens with zero attached hydrogens (tertiary/aromatic N) is 1. The van der Waals surface area contributed by atoms with Crippen LogP contribution in [-0.2, 0) is 0 Å². The molecule has 1 N–H and O–H groups in total. The van der Waals surface area contributed by atoms with Crippen LogP contribution in [0.3, 0.4) is 0 Å². The van der Waals surface area contributed by atoms with Gasteiger partial charge in [0.1, 0.15) is 0 Å². The predicted molar refractivity (Wildman–Crippen MR) is 73.4 cm³/mol. The first kappa shape index (κ1) is 12.9. The Kier molecular flexibility index (Phi) is 3.60. The molecule has 3 heteroatoms. The smallest absolute Gasteiger partial charge is 0.335 e. The van der Waals surface area contributed by atoms with Crippen LogP contribution in [0.25, 0.3) is 0 Å². The van der Waals surface area contributed by atoms with Gasteiger partial charge in [0.25, 0.3) is 0 Å². The average Bonchev–Trinajstić information content (AvgIpc) is 2.30. The molecular formula is C15H21NO2. The summed E-state index contributed by atoms with van der Waals surface area (Å²) in [4.78, 5) is 13.4. The number of hydrogen-bond acceptors (Lipinski definition) is 2. The fraction of sp³-hybridized carbons (Fsp3) is 0.533. The number of anilines is 1. The van der Waals surface area contributed by atoms with Gasteiger partial charge in [-0.15, -0.1) is 0 Å². The molecule has 1 aromatic rings. The Bertz CT molecular complexity index is 446. The highest BCUT2D eigenvalue weighted by atomic mass is 16.4. The Morgan fingerprint density at radius 2 is 1.89 bits per heavy atom. The third-order valence-electron chi connectivity index (χ3n) is 3.92. The van der Waals surface area contributed by atoms with Crippen LogP contribution < -0.4 is 4.90 Å². The Morgan fingerprint density at radius 1 is 1.28 bits per heavy atom. The van der Waals surface area contributed by atoms with Crippen molar-refractivity contribution in [2.24, 2.45) is 0 Å². The van der Waals surface area contributed by atoms with Crippen LogP contribution in [-0.4, -0.2) is 23.2 Å². The first-order valence-electron chi connectivity index (χ1n) is 6.63. The average molecular weight is 247 g/mol. The minimum Gasteiger partial charge on any atom is -0.478 e. The maximum atomic E-state index is 11.0. The molecule has 1 heterocycles. The second-order valence-corrected chi connectivity index (χ2v) is 5.34. The highest BCUT2D eigenvalue weighted by Crippen LogP contribution is 2.31. The van der Waals surface area contributed by atoms with E-state index in [1.54, 1.807) is 12.1 Å². The minimum atomic E-state index is -0.857. The Balaban J connectivity index is 2.35. The lowest BCUT2D eigenvalue weighted by molar-refractivity contribution is 0.0697. The van der Waals surface area contributed by atoms with E-state index in [0.29, 0.717) is 17.6 Å². The van der Waals surface area contributed by atoms with Gasteiger partial charge in [-0.25, -0.2) is 4.79 Å². The Labute approximate surface area is 108 Å². The van der Waals surface area contributed by atoms with Gasteiger partial charge in [-0.2, -0.15) is 0 Å². The van der Waals surface area contributed by atoms with E-state index in [1.165, 1.54) is 24.9 Å². The summed E-state index contributed by atoms with van der Waals surface area (Å²) in [6, 6.07) is 6.49. The molecule has 1 fully saturated rings. The van der Waals surface area contributed by atoms with E-state index in [4.69, 9.17) is 5.11 Å². The van der Waals surface area contributed by atoms with Crippen LogP contribution in [0.1, 0.15) is 49.0 Å². The summed E-state index contributed by atoms with van der Waals surface area (Å²) in [5, 5.41) is 9.00. The van der Waals surface area contributed by atoms with E-state index >= 15 is 0 Å². The van der Waals surface area contributed by atoms with Crippen molar-refractivity contribution < 1.29 is 9.90 Å². The van der Waals surface area contributed by atoms with Crippen LogP contribution in [0.15, 0.2) is 18.2 Å². The lowest BCUT2D eigenvalue weighted by Gasteiger charge is -2.41. The second-order valence-electron chi connectivity index (χ2n) is 5.34. The molecule has 3 nitrogen and oxygen atoms in total. The van der Waals surface area contributed by atoms with Crippen LogP contribution in [0.4, 0.5) is 5.69 Å². The molecule has 1 aliphatic heterocycles. The number of aromatic carboxylic acids is 1. The summed E-state index contributed by atoms with van der Waals surface area (Å²) in [5.74, 6) is -0.857. The lowest BCUT2D eigenvalue weighted by atomic mass is 9.95. The third-order valence-corrected chi connectivity index (χ3v) is 3.92. The molecule has 98 valence electrons. The fourth-order valence-corrected chi connectivity index (χ4v) is 2.97. The van der Waals surface area contributed by atoms with Gasteiger partial charge in [0, 0.05) is 17.8 Å². The summed E-state index contributed by atoms with van der Waals surface area (Å²) in [6.07, 6.45) is 3.71. The van der Waals surface area contributed by atoms with Crippen molar-refractivity contribution in [2.75, 3.05) is 4.90 Å². The number of aryl methyl sites for hydroxylation is 1. The third kappa shape index (κ3) is 2.35. The van der Waals surface area contributed by atoms with Crippen molar-refractivity contribution >= 4 is 11.7 Å². The zero-order valence-electron chi connectivity index (χ0n) is 11.3. The van der Waals surface area contributed by atoms with E-state index in [0.717, 1.165) is 5.56 Å². The van der Waals surface area contributed by atoms with E-state index in [9.17, 15) is 4.79 Å². The molecule has 0 spiro atoms. The second kappa shape index (κ2) is 5.01. The highest BCUT2D eigenvalue weighted by Gasteiger charge is 2.26. The first-order valence-corrected chi connectivity index (χ1v) is 6.63. The normalized spacial score (nSPS) is 24.1. The zero-order chi connectivity index (χ0) is 13.3. The summed E-state index contributed by atoms with van der Waals surface area (Å²) in [5.41, 5.74) is 2.60. The van der Waals surface area contributed by atoms with Crippen molar-refractivity contribution in [3.05, 3.63) is 29.3 Å². The molecule has 1 saturated heterocycles. The number of carboxylic acid groups (broad SMARTS) is 1. The number of rotatable bonds is 2. The first-order chi connectivity index (χ1) is 8.50. The number of hydrogen-bond donors (Lipinski definition) is 1. The van der Waals surface area contributed by atoms with Crippen LogP contribution in [0, 0.1) is 6.92 Å². The molecule has 0 aliphatic carbocycles. The van der Waals surface area contributed by atoms with Gasteiger partial charge in [0.2, 0.25) is 0 Å². The summed E-state index contributed by atoms with van der Waals surface area (Å²) in [6.45, 7) is 6.50. The van der Waals surface area contributed by atoms with E-state index in [2.05, 4.69) is 18.7 Å². The van der Waals surface area contributed by atoms with Crippen molar-refractivity contribution in [2.45, 2.75) is 52.1 Å². The Morgan fingerprint density at radius 3 is 2.39 bits per heavy atom. The van der Waals surface area contributed by atoms with Gasteiger partial charge in [-0.05, 0) is 63.8 Å². The van der Waals surface area contributed by atoms with Gasteiger partial charge in [-0.3, -0.25) is 0 Å². The van der Waals surface area contributed by atoms with E-state index in [1.807, 2.05) is 13.0 Å². The number of carboxylic acids is 1. The molecule has 2 atom stereocenters. The maximum absolute atomic E-state index is 11.0. The topological polar surface area (TPSA) is 40.5 Å². The number of carbonyl (C=O) groups is 1. The molecule has 0 radical (unpaired) electrons. The van der Waals surface area contributed by atoms with Crippen molar-refractivity contribution in [1.29, 1.82) is 0 Å². The molecule has 18 heavy (non-hydrogen) atoms. The Hall–Kier alpha value is -1.51. The van der Waals surface area contributed by atoms with Gasteiger partial charge >= 0.3 is 5.97 Å². The largest absolute Gasteiger partial charge is 0.478 e. The lowest BCUT2D eigenvalue weighted by Crippen LogP contribution is -2.44. The summed E-state index contributed by atoms with van der Waals surface area (Å²) in [7, 11) is 0. The molecule has 1 aromatic carbocycles. The highest BCUT2D eigenvalue weighted by molar-refractivity contribution is 5.88. The van der Waals surface area contributed by atoms with Gasteiger partial charge < -0.3 is 10.0 Å². The monoisotopic (exact) mass is 247 g/mol. The molecular weight excluding hydrogens is 226 g/mol. The fourth-order valence-electron chi connectivity index (χ4n) is 2.97. The van der Waals surface area contributed by atoms with Gasteiger partial charge in [0.05, 0.1) is 5.56 Å². The minimum absolute atomic E-state index is 0.369.